The summed E-state index contributed by atoms with van der Waals surface area (Å²) in [5.74, 6) is -2.19. The molecule has 0 radical (unpaired) electrons. The molecule has 296 valence electrons. The van der Waals surface area contributed by atoms with E-state index in [2.05, 4.69) is 27.4 Å². The summed E-state index contributed by atoms with van der Waals surface area (Å²) in [5.41, 5.74) is -0.0616. The van der Waals surface area contributed by atoms with Crippen molar-refractivity contribution in [1.29, 1.82) is 0 Å². The first-order valence-corrected chi connectivity index (χ1v) is 19.4. The number of pyridine rings is 2. The number of fused-ring (bicyclic) bond motifs is 3. The lowest BCUT2D eigenvalue weighted by Gasteiger charge is -2.54. The number of rotatable bonds is 9. The van der Waals surface area contributed by atoms with Gasteiger partial charge in [-0.05, 0) is 85.4 Å². The van der Waals surface area contributed by atoms with Gasteiger partial charge >= 0.3 is 0 Å². The number of carbonyl (C=O) groups is 2. The van der Waals surface area contributed by atoms with Crippen molar-refractivity contribution in [3.05, 3.63) is 59.2 Å². The Hall–Kier alpha value is -4.63. The summed E-state index contributed by atoms with van der Waals surface area (Å²) in [6, 6.07) is 4.73. The number of imidazole rings is 1. The minimum absolute atomic E-state index is 0.00235. The van der Waals surface area contributed by atoms with Gasteiger partial charge in [0.05, 0.1) is 53.2 Å². The maximum absolute atomic E-state index is 15.7. The maximum Gasteiger partial charge on any atom is 0.261 e. The lowest BCUT2D eigenvalue weighted by atomic mass is 9.71. The molecule has 11 nitrogen and oxygen atoms in total. The Balaban J connectivity index is 1.07. The van der Waals surface area contributed by atoms with E-state index in [0.29, 0.717) is 39.8 Å². The van der Waals surface area contributed by atoms with E-state index in [9.17, 15) is 18.4 Å². The highest BCUT2D eigenvalue weighted by atomic mass is 19.3. The summed E-state index contributed by atoms with van der Waals surface area (Å²) in [6.45, 7) is 14.9. The van der Waals surface area contributed by atoms with Gasteiger partial charge in [-0.1, -0.05) is 0 Å². The van der Waals surface area contributed by atoms with Crippen LogP contribution in [-0.2, 0) is 14.9 Å². The molecule has 3 aromatic heterocycles. The second-order valence-electron chi connectivity index (χ2n) is 17.6. The highest BCUT2D eigenvalue weighted by Crippen LogP contribution is 2.51. The zero-order valence-corrected chi connectivity index (χ0v) is 32.4. The lowest BCUT2D eigenvalue weighted by molar-refractivity contribution is -0.123. The summed E-state index contributed by atoms with van der Waals surface area (Å²) >= 11 is 0. The molecule has 15 heteroatoms. The third kappa shape index (κ3) is 5.62. The van der Waals surface area contributed by atoms with Crippen molar-refractivity contribution < 1.29 is 31.9 Å². The van der Waals surface area contributed by atoms with Crippen molar-refractivity contribution in [2.24, 2.45) is 11.8 Å². The number of nitrogens with zero attached hydrogens (tertiary/aromatic N) is 6. The number of nitrogens with one attached hydrogen (secondary N) is 2. The molecule has 1 aromatic carbocycles. The topological polar surface area (TPSA) is 118 Å². The van der Waals surface area contributed by atoms with Crippen LogP contribution in [0, 0.1) is 30.4 Å². The molecule has 9 rings (SSSR count). The van der Waals surface area contributed by atoms with Crippen LogP contribution in [0.4, 0.5) is 34.8 Å². The Morgan fingerprint density at radius 3 is 2.34 bits per heavy atom. The van der Waals surface area contributed by atoms with Gasteiger partial charge in [-0.15, -0.1) is 0 Å². The summed E-state index contributed by atoms with van der Waals surface area (Å²) in [5, 5.41) is 5.27. The average molecular weight is 775 g/mol. The molecule has 2 atom stereocenters. The minimum atomic E-state index is -2.80. The molecule has 2 amide bonds. The van der Waals surface area contributed by atoms with Gasteiger partial charge in [0.1, 0.15) is 11.1 Å². The number of aromatic nitrogens is 4. The van der Waals surface area contributed by atoms with Crippen LogP contribution < -0.4 is 15.5 Å². The number of hydrogen-bond donors (Lipinski definition) is 2. The Morgan fingerprint density at radius 1 is 1.00 bits per heavy atom. The maximum atomic E-state index is 15.7. The molecular formula is C41H46F4N8O3. The van der Waals surface area contributed by atoms with Crippen LogP contribution >= 0.6 is 0 Å². The van der Waals surface area contributed by atoms with Gasteiger partial charge in [0.25, 0.3) is 12.3 Å². The number of carbonyl (C=O) groups excluding carboxylic acids is 2. The fourth-order valence-corrected chi connectivity index (χ4v) is 9.34. The normalized spacial score (nSPS) is 26.2. The Morgan fingerprint density at radius 2 is 1.70 bits per heavy atom. The van der Waals surface area contributed by atoms with E-state index in [0.717, 1.165) is 50.9 Å². The van der Waals surface area contributed by atoms with E-state index in [-0.39, 0.29) is 53.3 Å². The smallest absolute Gasteiger partial charge is 0.261 e. The first-order chi connectivity index (χ1) is 26.5. The third-order valence-corrected chi connectivity index (χ3v) is 13.1. The number of hydrogen-bond acceptors (Lipinski definition) is 8. The first-order valence-electron chi connectivity index (χ1n) is 19.4. The molecule has 2 aliphatic carbocycles. The molecule has 2 N–H and O–H groups in total. The standard InChI is InChI=1S/C41H46F4N8O3/c1-20(2)52-19-47-29-11-27(48-35(33(29)52)49-28-10-26(21(3)31(42)32(28)43)36(54)50-41(7-8-41)37(44)45)22-9-30-34(46-14-22)39(4,5)38(55)53(30)25-12-40(6,13-25)51-15-23-17-56-18-24(23)16-51/h9-11,14,19-20,23-25,37H,7-8,12-13,15-18H2,1-6H3,(H,48,49)(H,50,54)/t23-,24+,25-,40+. The molecule has 56 heavy (non-hydrogen) atoms. The van der Waals surface area contributed by atoms with Crippen molar-refractivity contribution in [3.63, 3.8) is 0 Å². The molecule has 4 fully saturated rings. The van der Waals surface area contributed by atoms with Gasteiger partial charge in [-0.3, -0.25) is 19.5 Å². The first kappa shape index (κ1) is 37.0. The molecule has 0 spiro atoms. The Kier molecular flexibility index (Phi) is 8.38. The summed E-state index contributed by atoms with van der Waals surface area (Å²) in [6.07, 6.45) is 2.36. The second kappa shape index (κ2) is 12.7. The predicted octanol–water partition coefficient (Wildman–Crippen LogP) is 7.06. The number of likely N-dealkylation sites (tertiary alicyclic amines) is 1. The number of alkyl halides is 2. The van der Waals surface area contributed by atoms with E-state index in [1.807, 2.05) is 43.2 Å². The molecule has 0 unspecified atom stereocenters. The highest BCUT2D eigenvalue weighted by Gasteiger charge is 2.57. The van der Waals surface area contributed by atoms with Crippen molar-refractivity contribution in [2.45, 2.75) is 102 Å². The van der Waals surface area contributed by atoms with E-state index >= 15 is 8.78 Å². The second-order valence-corrected chi connectivity index (χ2v) is 17.6. The largest absolute Gasteiger partial charge is 0.381 e. The Labute approximate surface area is 322 Å². The average Bonchev–Trinajstić information content (AvgIpc) is 3.41. The summed E-state index contributed by atoms with van der Waals surface area (Å²) < 4.78 is 66.1. The number of ether oxygens (including phenoxy) is 1. The zero-order valence-electron chi connectivity index (χ0n) is 32.4. The van der Waals surface area contributed by atoms with Gasteiger partial charge in [0.2, 0.25) is 5.91 Å². The molecule has 4 aromatic rings. The monoisotopic (exact) mass is 774 g/mol. The number of anilines is 3. The molecule has 5 aliphatic rings. The van der Waals surface area contributed by atoms with Gasteiger partial charge < -0.3 is 24.8 Å². The van der Waals surface area contributed by atoms with Crippen molar-refractivity contribution in [2.75, 3.05) is 36.5 Å². The fourth-order valence-electron chi connectivity index (χ4n) is 9.34. The van der Waals surface area contributed by atoms with Crippen LogP contribution in [0.25, 0.3) is 22.3 Å². The van der Waals surface area contributed by atoms with E-state index in [1.165, 1.54) is 6.92 Å². The lowest BCUT2D eigenvalue weighted by Crippen LogP contribution is -2.63. The summed E-state index contributed by atoms with van der Waals surface area (Å²) in [4.78, 5) is 46.2. The molecule has 2 saturated heterocycles. The zero-order chi connectivity index (χ0) is 39.6. The third-order valence-electron chi connectivity index (χ3n) is 13.1. The van der Waals surface area contributed by atoms with Crippen molar-refractivity contribution >= 4 is 40.0 Å². The van der Waals surface area contributed by atoms with Gasteiger partial charge in [-0.25, -0.2) is 27.5 Å². The van der Waals surface area contributed by atoms with E-state index < -0.39 is 40.6 Å². The van der Waals surface area contributed by atoms with Crippen LogP contribution in [-0.4, -0.2) is 86.1 Å². The van der Waals surface area contributed by atoms with Gasteiger partial charge in [-0.2, -0.15) is 0 Å². The summed E-state index contributed by atoms with van der Waals surface area (Å²) in [7, 11) is 0. The van der Waals surface area contributed by atoms with Gasteiger partial charge in [0.15, 0.2) is 17.5 Å². The number of amides is 2. The molecule has 0 bridgehead atoms. The molecule has 3 aliphatic heterocycles. The SMILES string of the molecule is Cc1c(C(=O)NC2(C(F)F)CC2)cc(Nc2nc(-c3cnc4c(c3)N([C@H]3C[C@@](C)(N5C[C@H]6COC[C@H]6C5)C3)C(=O)C4(C)C)cc3ncn(C(C)C)c23)c(F)c1F. The van der Waals surface area contributed by atoms with E-state index in [4.69, 9.17) is 14.7 Å². The van der Waals surface area contributed by atoms with Crippen LogP contribution in [0.5, 0.6) is 0 Å². The van der Waals surface area contributed by atoms with Crippen molar-refractivity contribution in [3.8, 4) is 11.3 Å². The van der Waals surface area contributed by atoms with Crippen molar-refractivity contribution in [1.82, 2.24) is 29.7 Å². The fraction of sp³-hybridized carbons (Fsp3) is 0.537. The van der Waals surface area contributed by atoms with Crippen LogP contribution in [0.15, 0.2) is 30.7 Å². The van der Waals surface area contributed by atoms with E-state index in [1.54, 1.807) is 18.6 Å². The van der Waals surface area contributed by atoms with Crippen LogP contribution in [0.2, 0.25) is 0 Å². The molecular weight excluding hydrogens is 728 g/mol. The number of benzene rings is 1. The Bertz CT molecular complexity index is 2290. The molecule has 2 saturated carbocycles. The highest BCUT2D eigenvalue weighted by molar-refractivity contribution is 6.08. The van der Waals surface area contributed by atoms with Gasteiger partial charge in [0, 0.05) is 65.4 Å². The van der Waals surface area contributed by atoms with Crippen LogP contribution in [0.1, 0.15) is 88.0 Å². The molecule has 6 heterocycles. The minimum Gasteiger partial charge on any atom is -0.381 e. The quantitative estimate of drug-likeness (QED) is 0.174. The predicted molar refractivity (Wildman–Crippen MR) is 202 cm³/mol. The number of halogens is 4. The van der Waals surface area contributed by atoms with Crippen LogP contribution in [0.3, 0.4) is 0 Å².